The number of aromatic nitrogens is 1. The largest absolute Gasteiger partial charge is 0.407 e. The summed E-state index contributed by atoms with van der Waals surface area (Å²) in [5.41, 5.74) is 7.63. The first-order valence-electron chi connectivity index (χ1n) is 12.5. The Hall–Kier alpha value is -2.63. The van der Waals surface area contributed by atoms with Gasteiger partial charge in [-0.25, -0.2) is 4.98 Å². The zero-order valence-corrected chi connectivity index (χ0v) is 22.1. The molecule has 1 fully saturated rings. The van der Waals surface area contributed by atoms with E-state index in [1.165, 1.54) is 23.2 Å². The standard InChI is InChI=1S/C29H39N3OSi/c1-23-27(30)15-16-28(31-23)32-20-17-24(18-21-32)19-22-33-34(29(2,3)4,25-11-7-5-8-12-25)26-13-9-6-10-14-26/h5-16,24H,17-22,30H2,1-4H3. The number of anilines is 2. The summed E-state index contributed by atoms with van der Waals surface area (Å²) in [6, 6.07) is 25.9. The number of hydrogen-bond acceptors (Lipinski definition) is 4. The lowest BCUT2D eigenvalue weighted by Crippen LogP contribution is -2.66. The fourth-order valence-electron chi connectivity index (χ4n) is 5.33. The van der Waals surface area contributed by atoms with Gasteiger partial charge in [-0.1, -0.05) is 81.4 Å². The maximum absolute atomic E-state index is 7.11. The van der Waals surface area contributed by atoms with Crippen LogP contribution in [0.2, 0.25) is 5.04 Å². The number of pyridine rings is 1. The first-order valence-corrected chi connectivity index (χ1v) is 14.4. The Bertz CT molecular complexity index is 1020. The van der Waals surface area contributed by atoms with Crippen molar-refractivity contribution in [2.45, 2.75) is 52.0 Å². The smallest absolute Gasteiger partial charge is 0.261 e. The second-order valence-corrected chi connectivity index (χ2v) is 14.9. The van der Waals surface area contributed by atoms with Gasteiger partial charge in [0.2, 0.25) is 0 Å². The molecule has 0 atom stereocenters. The molecular weight excluding hydrogens is 434 g/mol. The highest BCUT2D eigenvalue weighted by Gasteiger charge is 2.50. The van der Waals surface area contributed by atoms with Crippen LogP contribution in [0.3, 0.4) is 0 Å². The van der Waals surface area contributed by atoms with Crippen LogP contribution in [0.4, 0.5) is 11.5 Å². The maximum atomic E-state index is 7.11. The molecule has 34 heavy (non-hydrogen) atoms. The molecule has 0 saturated carbocycles. The van der Waals surface area contributed by atoms with E-state index in [1.807, 2.05) is 13.0 Å². The van der Waals surface area contributed by atoms with Gasteiger partial charge in [0.1, 0.15) is 5.82 Å². The van der Waals surface area contributed by atoms with Gasteiger partial charge in [-0.05, 0) is 59.6 Å². The predicted molar refractivity (Wildman–Crippen MR) is 147 cm³/mol. The highest BCUT2D eigenvalue weighted by molar-refractivity contribution is 6.99. The van der Waals surface area contributed by atoms with Crippen LogP contribution in [0, 0.1) is 12.8 Å². The first kappa shape index (κ1) is 24.5. The van der Waals surface area contributed by atoms with Gasteiger partial charge >= 0.3 is 0 Å². The summed E-state index contributed by atoms with van der Waals surface area (Å²) in [6.07, 6.45) is 3.46. The van der Waals surface area contributed by atoms with Crippen LogP contribution >= 0.6 is 0 Å². The summed E-state index contributed by atoms with van der Waals surface area (Å²) in [6.45, 7) is 11.9. The number of rotatable bonds is 7. The summed E-state index contributed by atoms with van der Waals surface area (Å²) in [4.78, 5) is 7.09. The van der Waals surface area contributed by atoms with Gasteiger partial charge < -0.3 is 15.1 Å². The molecule has 0 aliphatic carbocycles. The average molecular weight is 474 g/mol. The van der Waals surface area contributed by atoms with Crippen molar-refractivity contribution in [3.8, 4) is 0 Å². The molecule has 1 aliphatic rings. The quantitative estimate of drug-likeness (QED) is 0.482. The predicted octanol–water partition coefficient (Wildman–Crippen LogP) is 5.16. The molecule has 0 radical (unpaired) electrons. The normalized spacial score (nSPS) is 15.5. The van der Waals surface area contributed by atoms with Crippen molar-refractivity contribution in [3.63, 3.8) is 0 Å². The Balaban J connectivity index is 1.45. The lowest BCUT2D eigenvalue weighted by molar-refractivity contribution is 0.246. The van der Waals surface area contributed by atoms with Crippen LogP contribution in [-0.4, -0.2) is 33.0 Å². The third kappa shape index (κ3) is 5.06. The second kappa shape index (κ2) is 10.3. The minimum absolute atomic E-state index is 0.0256. The topological polar surface area (TPSA) is 51.4 Å². The SMILES string of the molecule is Cc1nc(N2CCC(CCO[Si](c3ccccc3)(c3ccccc3)C(C)(C)C)CC2)ccc1N. The van der Waals surface area contributed by atoms with Gasteiger partial charge in [-0.2, -0.15) is 0 Å². The summed E-state index contributed by atoms with van der Waals surface area (Å²) in [5, 5.41) is 2.74. The van der Waals surface area contributed by atoms with Crippen molar-refractivity contribution in [1.29, 1.82) is 0 Å². The molecule has 0 bridgehead atoms. The zero-order valence-electron chi connectivity index (χ0n) is 21.1. The van der Waals surface area contributed by atoms with E-state index in [0.717, 1.165) is 43.3 Å². The molecule has 0 unspecified atom stereocenters. The fourth-order valence-corrected chi connectivity index (χ4v) is 9.91. The summed E-state index contributed by atoms with van der Waals surface area (Å²) >= 11 is 0. The van der Waals surface area contributed by atoms with E-state index in [9.17, 15) is 0 Å². The highest BCUT2D eigenvalue weighted by Crippen LogP contribution is 2.37. The van der Waals surface area contributed by atoms with Gasteiger partial charge in [0, 0.05) is 19.7 Å². The van der Waals surface area contributed by atoms with Crippen LogP contribution in [0.25, 0.3) is 0 Å². The summed E-state index contributed by atoms with van der Waals surface area (Å²) in [5.74, 6) is 1.73. The molecule has 2 aromatic carbocycles. The van der Waals surface area contributed by atoms with Crippen molar-refractivity contribution >= 4 is 30.2 Å². The van der Waals surface area contributed by atoms with E-state index in [1.54, 1.807) is 0 Å². The summed E-state index contributed by atoms with van der Waals surface area (Å²) in [7, 11) is -2.44. The van der Waals surface area contributed by atoms with Crippen LogP contribution < -0.4 is 21.0 Å². The van der Waals surface area contributed by atoms with Crippen LogP contribution in [0.1, 0.15) is 45.7 Å². The van der Waals surface area contributed by atoms with E-state index < -0.39 is 8.32 Å². The molecule has 3 aromatic rings. The molecule has 5 heteroatoms. The minimum Gasteiger partial charge on any atom is -0.407 e. The van der Waals surface area contributed by atoms with Crippen molar-refractivity contribution in [1.82, 2.24) is 4.98 Å². The monoisotopic (exact) mass is 473 g/mol. The number of nitrogens with zero attached hydrogens (tertiary/aromatic N) is 2. The van der Waals surface area contributed by atoms with E-state index >= 15 is 0 Å². The van der Waals surface area contributed by atoms with Crippen LogP contribution in [-0.2, 0) is 4.43 Å². The Morgan fingerprint density at radius 1 is 0.912 bits per heavy atom. The number of hydrogen-bond donors (Lipinski definition) is 1. The zero-order chi connectivity index (χ0) is 24.2. The van der Waals surface area contributed by atoms with Crippen molar-refractivity contribution < 1.29 is 4.43 Å². The van der Waals surface area contributed by atoms with Gasteiger partial charge in [0.25, 0.3) is 8.32 Å². The van der Waals surface area contributed by atoms with Crippen molar-refractivity contribution in [2.24, 2.45) is 5.92 Å². The molecule has 1 aromatic heterocycles. The van der Waals surface area contributed by atoms with Gasteiger partial charge in [-0.3, -0.25) is 0 Å². The van der Waals surface area contributed by atoms with Gasteiger partial charge in [0.15, 0.2) is 0 Å². The molecule has 0 spiro atoms. The van der Waals surface area contributed by atoms with Gasteiger partial charge in [-0.15, -0.1) is 0 Å². The molecule has 1 aliphatic heterocycles. The van der Waals surface area contributed by atoms with Gasteiger partial charge in [0.05, 0.1) is 11.4 Å². The molecular formula is C29H39N3OSi. The lowest BCUT2D eigenvalue weighted by Gasteiger charge is -2.43. The van der Waals surface area contributed by atoms with E-state index in [-0.39, 0.29) is 5.04 Å². The number of aryl methyl sites for hydroxylation is 1. The van der Waals surface area contributed by atoms with E-state index in [0.29, 0.717) is 5.92 Å². The lowest BCUT2D eigenvalue weighted by atomic mass is 9.94. The molecule has 1 saturated heterocycles. The average Bonchev–Trinajstić information content (AvgIpc) is 2.84. The first-order chi connectivity index (χ1) is 16.3. The Morgan fingerprint density at radius 2 is 1.47 bits per heavy atom. The Kier molecular flexibility index (Phi) is 7.44. The fraction of sp³-hybridized carbons (Fsp3) is 0.414. The third-order valence-electron chi connectivity index (χ3n) is 7.31. The van der Waals surface area contributed by atoms with Crippen LogP contribution in [0.15, 0.2) is 72.8 Å². The van der Waals surface area contributed by atoms with E-state index in [4.69, 9.17) is 15.1 Å². The minimum atomic E-state index is -2.44. The molecule has 2 heterocycles. The van der Waals surface area contributed by atoms with Crippen molar-refractivity contribution in [2.75, 3.05) is 30.3 Å². The number of nitrogens with two attached hydrogens (primary N) is 1. The highest BCUT2D eigenvalue weighted by atomic mass is 28.4. The van der Waals surface area contributed by atoms with E-state index in [2.05, 4.69) is 92.4 Å². The Morgan fingerprint density at radius 3 is 1.97 bits per heavy atom. The maximum Gasteiger partial charge on any atom is 0.261 e. The third-order valence-corrected chi connectivity index (χ3v) is 12.4. The molecule has 2 N–H and O–H groups in total. The summed E-state index contributed by atoms with van der Waals surface area (Å²) < 4.78 is 7.11. The number of nitrogen functional groups attached to an aromatic ring is 1. The molecule has 4 rings (SSSR count). The molecule has 180 valence electrons. The molecule has 0 amide bonds. The number of piperidine rings is 1. The number of benzene rings is 2. The van der Waals surface area contributed by atoms with Crippen LogP contribution in [0.5, 0.6) is 0 Å². The van der Waals surface area contributed by atoms with Crippen molar-refractivity contribution in [3.05, 3.63) is 78.5 Å². The Labute approximate surface area is 206 Å². The molecule has 4 nitrogen and oxygen atoms in total. The second-order valence-electron chi connectivity index (χ2n) is 10.6.